The van der Waals surface area contributed by atoms with Gasteiger partial charge in [0.05, 0.1) is 19.0 Å². The molecule has 0 radical (unpaired) electrons. The normalized spacial score (nSPS) is 14.5. The van der Waals surface area contributed by atoms with Crippen molar-refractivity contribution in [3.63, 3.8) is 0 Å². The molecule has 2 rings (SSSR count). The third-order valence-corrected chi connectivity index (χ3v) is 7.27. The SMILES string of the molecule is CSCC[C@H](NC(=O)[C@H](CO)NC(=O)[C@H](CC(C)C)NC(=O)[C@@H](N)Cc1cnc[nH]1)C(=O)N[C@@H](Cc1ccccc1)C(=O)O. The number of carboxylic acids is 1. The number of aromatic nitrogens is 2. The highest BCUT2D eigenvalue weighted by atomic mass is 32.2. The Hall–Kier alpha value is -3.95. The van der Waals surface area contributed by atoms with E-state index in [1.807, 2.05) is 20.1 Å². The molecule has 1 heterocycles. The zero-order valence-electron chi connectivity index (χ0n) is 25.1. The maximum absolute atomic E-state index is 13.2. The van der Waals surface area contributed by atoms with E-state index in [0.717, 1.165) is 0 Å². The van der Waals surface area contributed by atoms with Crippen LogP contribution in [0.3, 0.4) is 0 Å². The number of thioether (sulfide) groups is 1. The van der Waals surface area contributed by atoms with Crippen molar-refractivity contribution in [2.24, 2.45) is 11.7 Å². The number of imidazole rings is 1. The molecule has 0 fully saturated rings. The van der Waals surface area contributed by atoms with Crippen molar-refractivity contribution in [2.45, 2.75) is 69.7 Å². The number of benzene rings is 1. The summed E-state index contributed by atoms with van der Waals surface area (Å²) in [6.07, 6.45) is 5.40. The molecular weight excluding hydrogens is 590 g/mol. The smallest absolute Gasteiger partial charge is 0.326 e. The van der Waals surface area contributed by atoms with E-state index in [9.17, 15) is 34.2 Å². The number of carbonyl (C=O) groups is 5. The molecule has 44 heavy (non-hydrogen) atoms. The Kier molecular flexibility index (Phi) is 15.4. The summed E-state index contributed by atoms with van der Waals surface area (Å²) in [6, 6.07) is 2.94. The van der Waals surface area contributed by atoms with E-state index in [1.54, 1.807) is 30.3 Å². The maximum Gasteiger partial charge on any atom is 0.326 e. The molecule has 14 nitrogen and oxygen atoms in total. The molecule has 0 spiro atoms. The number of rotatable bonds is 19. The van der Waals surface area contributed by atoms with Crippen molar-refractivity contribution in [2.75, 3.05) is 18.6 Å². The lowest BCUT2D eigenvalue weighted by atomic mass is 10.0. The number of aromatic amines is 1. The summed E-state index contributed by atoms with van der Waals surface area (Å²) < 4.78 is 0. The lowest BCUT2D eigenvalue weighted by Crippen LogP contribution is -2.59. The Morgan fingerprint density at radius 2 is 1.48 bits per heavy atom. The van der Waals surface area contributed by atoms with Crippen LogP contribution < -0.4 is 27.0 Å². The predicted molar refractivity (Wildman–Crippen MR) is 165 cm³/mol. The van der Waals surface area contributed by atoms with Crippen LogP contribution in [0.5, 0.6) is 0 Å². The second-order valence-electron chi connectivity index (χ2n) is 10.8. The molecule has 0 saturated carbocycles. The molecule has 1 aromatic heterocycles. The molecular formula is C29H43N7O7S. The molecule has 0 saturated heterocycles. The van der Waals surface area contributed by atoms with E-state index in [1.165, 1.54) is 24.3 Å². The molecule has 0 unspecified atom stereocenters. The molecule has 0 aliphatic carbocycles. The fourth-order valence-electron chi connectivity index (χ4n) is 4.27. The number of amides is 4. The summed E-state index contributed by atoms with van der Waals surface area (Å²) >= 11 is 1.42. The number of nitrogens with one attached hydrogen (secondary N) is 5. The Morgan fingerprint density at radius 3 is 2.05 bits per heavy atom. The van der Waals surface area contributed by atoms with Gasteiger partial charge in [0.15, 0.2) is 0 Å². The average Bonchev–Trinajstić information content (AvgIpc) is 3.50. The Morgan fingerprint density at radius 1 is 0.886 bits per heavy atom. The Labute approximate surface area is 260 Å². The monoisotopic (exact) mass is 633 g/mol. The lowest BCUT2D eigenvalue weighted by molar-refractivity contribution is -0.142. The Balaban J connectivity index is 2.08. The Bertz CT molecular complexity index is 1210. The largest absolute Gasteiger partial charge is 0.480 e. The standard InChI is InChI=1S/C29H43N7O7S/c1-17(2)11-22(34-25(38)20(30)13-19-14-31-16-32-19)27(40)36-24(15-37)28(41)33-21(9-10-44-3)26(39)35-23(29(42)43)12-18-7-5-4-6-8-18/h4-8,14,16-17,20-24,37H,9-13,15,30H2,1-3H3,(H,31,32)(H,33,41)(H,34,38)(H,35,39)(H,36,40)(H,42,43)/t20-,21-,22-,23-,24-/m0/s1. The third-order valence-electron chi connectivity index (χ3n) is 6.63. The number of aliphatic carboxylic acids is 1. The molecule has 0 aliphatic heterocycles. The predicted octanol–water partition coefficient (Wildman–Crippen LogP) is -0.662. The van der Waals surface area contributed by atoms with Crippen LogP contribution >= 0.6 is 11.8 Å². The first-order chi connectivity index (χ1) is 20.9. The van der Waals surface area contributed by atoms with Gasteiger partial charge >= 0.3 is 5.97 Å². The summed E-state index contributed by atoms with van der Waals surface area (Å²) in [7, 11) is 0. The van der Waals surface area contributed by atoms with Crippen LogP contribution in [0, 0.1) is 5.92 Å². The molecule has 15 heteroatoms. The van der Waals surface area contributed by atoms with Crippen molar-refractivity contribution in [3.8, 4) is 0 Å². The second-order valence-corrected chi connectivity index (χ2v) is 11.7. The van der Waals surface area contributed by atoms with E-state index < -0.39 is 66.4 Å². The van der Waals surface area contributed by atoms with Gasteiger partial charge in [0.25, 0.3) is 0 Å². The van der Waals surface area contributed by atoms with Gasteiger partial charge < -0.3 is 42.2 Å². The highest BCUT2D eigenvalue weighted by Crippen LogP contribution is 2.09. The third kappa shape index (κ3) is 12.3. The quantitative estimate of drug-likeness (QED) is 0.0973. The number of hydrogen-bond donors (Lipinski definition) is 8. The van der Waals surface area contributed by atoms with Crippen LogP contribution in [0.1, 0.15) is 37.9 Å². The van der Waals surface area contributed by atoms with Gasteiger partial charge in [0.2, 0.25) is 23.6 Å². The van der Waals surface area contributed by atoms with Gasteiger partial charge in [-0.2, -0.15) is 11.8 Å². The fraction of sp³-hybridized carbons (Fsp3) is 0.517. The van der Waals surface area contributed by atoms with Crippen LogP contribution in [-0.2, 0) is 36.8 Å². The highest BCUT2D eigenvalue weighted by Gasteiger charge is 2.32. The summed E-state index contributed by atoms with van der Waals surface area (Å²) in [5.74, 6) is -3.64. The van der Waals surface area contributed by atoms with E-state index in [0.29, 0.717) is 17.0 Å². The van der Waals surface area contributed by atoms with Gasteiger partial charge in [0, 0.05) is 24.7 Å². The van der Waals surface area contributed by atoms with Crippen LogP contribution in [0.25, 0.3) is 0 Å². The van der Waals surface area contributed by atoms with Crippen molar-refractivity contribution in [1.29, 1.82) is 0 Å². The van der Waals surface area contributed by atoms with Crippen molar-refractivity contribution in [1.82, 2.24) is 31.2 Å². The minimum atomic E-state index is -1.45. The van der Waals surface area contributed by atoms with Gasteiger partial charge in [-0.3, -0.25) is 19.2 Å². The average molecular weight is 634 g/mol. The summed E-state index contributed by atoms with van der Waals surface area (Å²) in [4.78, 5) is 70.9. The van der Waals surface area contributed by atoms with Crippen molar-refractivity contribution >= 4 is 41.4 Å². The van der Waals surface area contributed by atoms with Gasteiger partial charge in [-0.05, 0) is 36.3 Å². The summed E-state index contributed by atoms with van der Waals surface area (Å²) in [6.45, 7) is 2.91. The molecule has 9 N–H and O–H groups in total. The zero-order valence-corrected chi connectivity index (χ0v) is 25.9. The first-order valence-electron chi connectivity index (χ1n) is 14.3. The first-order valence-corrected chi connectivity index (χ1v) is 15.6. The molecule has 242 valence electrons. The van der Waals surface area contributed by atoms with E-state index >= 15 is 0 Å². The molecule has 4 amide bonds. The zero-order chi connectivity index (χ0) is 32.6. The fourth-order valence-corrected chi connectivity index (χ4v) is 4.74. The number of hydrogen-bond acceptors (Lipinski definition) is 9. The number of H-pyrrole nitrogens is 1. The number of aliphatic hydroxyl groups is 1. The minimum Gasteiger partial charge on any atom is -0.480 e. The minimum absolute atomic E-state index is 0.0195. The number of nitrogens with zero attached hydrogens (tertiary/aromatic N) is 1. The van der Waals surface area contributed by atoms with Gasteiger partial charge in [0.1, 0.15) is 24.2 Å². The molecule has 1 aromatic carbocycles. The van der Waals surface area contributed by atoms with Crippen LogP contribution in [0.4, 0.5) is 0 Å². The molecule has 0 bridgehead atoms. The van der Waals surface area contributed by atoms with Crippen LogP contribution in [0.2, 0.25) is 0 Å². The molecule has 0 aliphatic rings. The van der Waals surface area contributed by atoms with Gasteiger partial charge in [-0.25, -0.2) is 9.78 Å². The van der Waals surface area contributed by atoms with Gasteiger partial charge in [-0.1, -0.05) is 44.2 Å². The van der Waals surface area contributed by atoms with E-state index in [-0.39, 0.29) is 31.6 Å². The molecule has 5 atom stereocenters. The van der Waals surface area contributed by atoms with Crippen LogP contribution in [0.15, 0.2) is 42.9 Å². The number of carboxylic acid groups (broad SMARTS) is 1. The maximum atomic E-state index is 13.2. The van der Waals surface area contributed by atoms with Crippen molar-refractivity contribution < 1.29 is 34.2 Å². The van der Waals surface area contributed by atoms with Crippen molar-refractivity contribution in [3.05, 3.63) is 54.1 Å². The van der Waals surface area contributed by atoms with Gasteiger partial charge in [-0.15, -0.1) is 0 Å². The number of aliphatic hydroxyl groups excluding tert-OH is 1. The van der Waals surface area contributed by atoms with E-state index in [2.05, 4.69) is 31.2 Å². The summed E-state index contributed by atoms with van der Waals surface area (Å²) in [5, 5.41) is 29.7. The number of nitrogens with two attached hydrogens (primary N) is 1. The number of carbonyl (C=O) groups excluding carboxylic acids is 4. The molecule has 2 aromatic rings. The summed E-state index contributed by atoms with van der Waals surface area (Å²) in [5.41, 5.74) is 7.36. The first kappa shape index (κ1) is 36.2. The topological polar surface area (TPSA) is 229 Å². The van der Waals surface area contributed by atoms with E-state index in [4.69, 9.17) is 5.73 Å². The second kappa shape index (κ2) is 18.7. The highest BCUT2D eigenvalue weighted by molar-refractivity contribution is 7.98. The lowest BCUT2D eigenvalue weighted by Gasteiger charge is -2.26. The van der Waals surface area contributed by atoms with Crippen LogP contribution in [-0.4, -0.2) is 98.6 Å².